The molecule has 6 rings (SSSR count). The molecule has 0 spiro atoms. The molecule has 0 radical (unpaired) electrons. The van der Waals surface area contributed by atoms with Gasteiger partial charge in [-0.1, -0.05) is 0 Å². The van der Waals surface area contributed by atoms with Crippen LogP contribution in [0.3, 0.4) is 0 Å². The van der Waals surface area contributed by atoms with Gasteiger partial charge < -0.3 is 0 Å². The lowest BCUT2D eigenvalue weighted by molar-refractivity contribution is -0.145. The molecule has 4 bridgehead atoms. The van der Waals surface area contributed by atoms with Crippen molar-refractivity contribution in [2.75, 3.05) is 13.1 Å². The Morgan fingerprint density at radius 3 is 2.28 bits per heavy atom. The minimum atomic E-state index is -0.406. The summed E-state index contributed by atoms with van der Waals surface area (Å²) >= 11 is 0. The summed E-state index contributed by atoms with van der Waals surface area (Å²) in [4.78, 5) is 44.4. The van der Waals surface area contributed by atoms with E-state index in [0.29, 0.717) is 24.3 Å². The number of hydrogen-bond donors (Lipinski definition) is 1. The Kier molecular flexibility index (Phi) is 4.77. The van der Waals surface area contributed by atoms with Crippen molar-refractivity contribution in [3.05, 3.63) is 30.1 Å². The molecule has 2 amide bonds. The van der Waals surface area contributed by atoms with E-state index in [1.165, 1.54) is 31.7 Å². The van der Waals surface area contributed by atoms with Crippen LogP contribution in [-0.4, -0.2) is 46.6 Å². The van der Waals surface area contributed by atoms with Crippen molar-refractivity contribution in [2.45, 2.75) is 57.4 Å². The predicted octanol–water partition coefficient (Wildman–Crippen LogP) is 2.59. The third kappa shape index (κ3) is 3.52. The molecule has 1 saturated heterocycles. The predicted molar refractivity (Wildman–Crippen MR) is 107 cm³/mol. The number of carbonyl (C=O) groups is 3. The molecule has 1 N–H and O–H groups in total. The number of Topliss-reactive ketones (excluding diaryl/α,β-unsaturated/α-hetero) is 1. The Hall–Kier alpha value is -2.08. The van der Waals surface area contributed by atoms with Crippen LogP contribution in [0.2, 0.25) is 0 Å². The molecule has 1 aromatic rings. The molecule has 29 heavy (non-hydrogen) atoms. The summed E-state index contributed by atoms with van der Waals surface area (Å²) in [6, 6.07) is 2.79. The van der Waals surface area contributed by atoms with E-state index in [1.807, 2.05) is 4.90 Å². The van der Waals surface area contributed by atoms with Gasteiger partial charge in [-0.25, -0.2) is 0 Å². The van der Waals surface area contributed by atoms with Gasteiger partial charge in [-0.05, 0) is 87.8 Å². The highest BCUT2D eigenvalue weighted by Crippen LogP contribution is 2.60. The Labute approximate surface area is 171 Å². The Morgan fingerprint density at radius 1 is 1.03 bits per heavy atom. The molecule has 6 nitrogen and oxygen atoms in total. The van der Waals surface area contributed by atoms with Crippen molar-refractivity contribution in [3.8, 4) is 0 Å². The van der Waals surface area contributed by atoms with Crippen molar-refractivity contribution in [1.82, 2.24) is 15.2 Å². The molecule has 1 aliphatic heterocycles. The van der Waals surface area contributed by atoms with Crippen LogP contribution < -0.4 is 5.32 Å². The number of carbonyl (C=O) groups excluding carboxylic acids is 3. The first-order chi connectivity index (χ1) is 14.0. The van der Waals surface area contributed by atoms with Crippen LogP contribution in [0, 0.1) is 23.2 Å². The Morgan fingerprint density at radius 2 is 1.66 bits per heavy atom. The van der Waals surface area contributed by atoms with Crippen molar-refractivity contribution in [2.24, 2.45) is 23.2 Å². The number of rotatable bonds is 5. The SMILES string of the molecule is O=C(NC(=O)[C@H]1CCCN1CC(=O)C12CC3CC(CC(C3)C1)C2)c1ccncc1. The van der Waals surface area contributed by atoms with Crippen LogP contribution in [0.4, 0.5) is 0 Å². The molecule has 5 fully saturated rings. The van der Waals surface area contributed by atoms with E-state index in [2.05, 4.69) is 10.3 Å². The second kappa shape index (κ2) is 7.31. The molecular weight excluding hydrogens is 366 g/mol. The number of likely N-dealkylation sites (tertiary alicyclic amines) is 1. The molecule has 2 heterocycles. The van der Waals surface area contributed by atoms with Crippen LogP contribution >= 0.6 is 0 Å². The molecule has 1 aromatic heterocycles. The molecule has 4 aliphatic carbocycles. The lowest BCUT2D eigenvalue weighted by atomic mass is 9.48. The number of hydrogen-bond acceptors (Lipinski definition) is 5. The summed E-state index contributed by atoms with van der Waals surface area (Å²) in [5, 5.41) is 2.52. The molecular formula is C23H29N3O3. The van der Waals surface area contributed by atoms with Crippen LogP contribution in [0.1, 0.15) is 61.7 Å². The fraction of sp³-hybridized carbons (Fsp3) is 0.652. The van der Waals surface area contributed by atoms with Crippen molar-refractivity contribution >= 4 is 17.6 Å². The Balaban J connectivity index is 1.24. The topological polar surface area (TPSA) is 79.4 Å². The maximum absolute atomic E-state index is 13.4. The first-order valence-corrected chi connectivity index (χ1v) is 11.0. The zero-order valence-electron chi connectivity index (χ0n) is 16.8. The van der Waals surface area contributed by atoms with Gasteiger partial charge in [-0.3, -0.25) is 29.6 Å². The minimum absolute atomic E-state index is 0.134. The molecule has 5 aliphatic rings. The van der Waals surface area contributed by atoms with Gasteiger partial charge in [-0.2, -0.15) is 0 Å². The Bertz CT molecular complexity index is 787. The second-order valence-corrected chi connectivity index (χ2v) is 9.80. The van der Waals surface area contributed by atoms with E-state index in [9.17, 15) is 14.4 Å². The van der Waals surface area contributed by atoms with Gasteiger partial charge in [0.15, 0.2) is 5.78 Å². The maximum Gasteiger partial charge on any atom is 0.257 e. The first kappa shape index (κ1) is 18.9. The smallest absolute Gasteiger partial charge is 0.257 e. The summed E-state index contributed by atoms with van der Waals surface area (Å²) in [5.74, 6) is 1.86. The number of nitrogens with zero attached hydrogens (tertiary/aromatic N) is 2. The summed E-state index contributed by atoms with van der Waals surface area (Å²) in [5.41, 5.74) is 0.285. The zero-order chi connectivity index (χ0) is 20.0. The lowest BCUT2D eigenvalue weighted by Crippen LogP contribution is -2.54. The molecule has 6 heteroatoms. The van der Waals surface area contributed by atoms with Crippen LogP contribution in [0.5, 0.6) is 0 Å². The standard InChI is InChI=1S/C23H29N3O3/c27-20(23-11-15-8-16(12-23)10-17(9-15)13-23)14-26-7-1-2-19(26)22(29)25-21(28)18-3-5-24-6-4-18/h3-6,15-17,19H,1-2,7-14H2,(H,25,28,29)/t15?,16?,17?,19-,23?/m1/s1. The maximum atomic E-state index is 13.4. The summed E-state index contributed by atoms with van der Waals surface area (Å²) in [7, 11) is 0. The zero-order valence-corrected chi connectivity index (χ0v) is 16.8. The summed E-state index contributed by atoms with van der Waals surface area (Å²) in [6.45, 7) is 1.10. The minimum Gasteiger partial charge on any atom is -0.298 e. The summed E-state index contributed by atoms with van der Waals surface area (Å²) < 4.78 is 0. The molecule has 0 aromatic carbocycles. The highest BCUT2D eigenvalue weighted by molar-refractivity contribution is 6.06. The number of ketones is 1. The van der Waals surface area contributed by atoms with Gasteiger partial charge in [0.1, 0.15) is 0 Å². The molecule has 154 valence electrons. The average Bonchev–Trinajstić information content (AvgIpc) is 3.16. The molecule has 1 atom stereocenters. The van der Waals surface area contributed by atoms with Gasteiger partial charge >= 0.3 is 0 Å². The fourth-order valence-electron chi connectivity index (χ4n) is 6.89. The largest absolute Gasteiger partial charge is 0.298 e. The van der Waals surface area contributed by atoms with Crippen molar-refractivity contribution in [1.29, 1.82) is 0 Å². The van der Waals surface area contributed by atoms with E-state index in [-0.39, 0.29) is 11.3 Å². The van der Waals surface area contributed by atoms with Crippen molar-refractivity contribution in [3.63, 3.8) is 0 Å². The second-order valence-electron chi connectivity index (χ2n) is 9.80. The number of pyridine rings is 1. The van der Waals surface area contributed by atoms with E-state index in [1.54, 1.807) is 12.1 Å². The molecule has 4 saturated carbocycles. The van der Waals surface area contributed by atoms with Gasteiger partial charge in [0, 0.05) is 23.4 Å². The average molecular weight is 396 g/mol. The number of nitrogens with one attached hydrogen (secondary N) is 1. The third-order valence-corrected chi connectivity index (χ3v) is 7.82. The highest BCUT2D eigenvalue weighted by Gasteiger charge is 2.54. The normalized spacial score (nSPS) is 35.6. The number of imide groups is 1. The van der Waals surface area contributed by atoms with Crippen LogP contribution in [-0.2, 0) is 9.59 Å². The number of aromatic nitrogens is 1. The fourth-order valence-corrected chi connectivity index (χ4v) is 6.89. The molecule has 0 unspecified atom stereocenters. The third-order valence-electron chi connectivity index (χ3n) is 7.82. The van der Waals surface area contributed by atoms with E-state index in [0.717, 1.165) is 50.0 Å². The highest BCUT2D eigenvalue weighted by atomic mass is 16.2. The van der Waals surface area contributed by atoms with Gasteiger partial charge in [0.05, 0.1) is 12.6 Å². The summed E-state index contributed by atoms with van der Waals surface area (Å²) in [6.07, 6.45) is 11.8. The monoisotopic (exact) mass is 395 g/mol. The first-order valence-electron chi connectivity index (χ1n) is 11.0. The van der Waals surface area contributed by atoms with Crippen LogP contribution in [0.15, 0.2) is 24.5 Å². The quantitative estimate of drug-likeness (QED) is 0.775. The number of amides is 2. The van der Waals surface area contributed by atoms with Crippen molar-refractivity contribution < 1.29 is 14.4 Å². The lowest BCUT2D eigenvalue weighted by Gasteiger charge is -2.56. The van der Waals surface area contributed by atoms with Gasteiger partial charge in [0.25, 0.3) is 5.91 Å². The van der Waals surface area contributed by atoms with Gasteiger partial charge in [0.2, 0.25) is 5.91 Å². The van der Waals surface area contributed by atoms with E-state index >= 15 is 0 Å². The van der Waals surface area contributed by atoms with Gasteiger partial charge in [-0.15, -0.1) is 0 Å². The van der Waals surface area contributed by atoms with E-state index in [4.69, 9.17) is 0 Å². The van der Waals surface area contributed by atoms with Crippen LogP contribution in [0.25, 0.3) is 0 Å². The van der Waals surface area contributed by atoms with E-state index < -0.39 is 11.9 Å².